The van der Waals surface area contributed by atoms with Crippen LogP contribution in [0.25, 0.3) is 0 Å². The van der Waals surface area contributed by atoms with Gasteiger partial charge in [-0.15, -0.1) is 0 Å². The summed E-state index contributed by atoms with van der Waals surface area (Å²) in [6.45, 7) is 7.43. The smallest absolute Gasteiger partial charge is 0.0137 e. The zero-order valence-electron chi connectivity index (χ0n) is 12.4. The average Bonchev–Trinajstić information content (AvgIpc) is 3.25. The Labute approximate surface area is 118 Å². The van der Waals surface area contributed by atoms with Crippen molar-refractivity contribution in [2.75, 3.05) is 39.3 Å². The van der Waals surface area contributed by atoms with Crippen LogP contribution < -0.4 is 5.73 Å². The average molecular weight is 265 g/mol. The van der Waals surface area contributed by atoms with E-state index < -0.39 is 0 Å². The summed E-state index contributed by atoms with van der Waals surface area (Å²) in [4.78, 5) is 5.47. The monoisotopic (exact) mass is 265 g/mol. The maximum atomic E-state index is 6.03. The van der Waals surface area contributed by atoms with Gasteiger partial charge in [-0.25, -0.2) is 0 Å². The summed E-state index contributed by atoms with van der Waals surface area (Å²) in [5.74, 6) is 1.80. The molecule has 1 saturated heterocycles. The Morgan fingerprint density at radius 2 is 1.58 bits per heavy atom. The molecule has 3 nitrogen and oxygen atoms in total. The molecule has 2 saturated carbocycles. The first kappa shape index (κ1) is 13.8. The van der Waals surface area contributed by atoms with Crippen molar-refractivity contribution in [3.8, 4) is 0 Å². The third kappa shape index (κ3) is 3.71. The Balaban J connectivity index is 1.50. The summed E-state index contributed by atoms with van der Waals surface area (Å²) in [6.07, 6.45) is 9.97. The van der Waals surface area contributed by atoms with Crippen LogP contribution in [0.2, 0.25) is 0 Å². The number of nitrogens with two attached hydrogens (primary N) is 1. The molecule has 2 N–H and O–H groups in total. The van der Waals surface area contributed by atoms with E-state index in [0.29, 0.717) is 0 Å². The van der Waals surface area contributed by atoms with Crippen molar-refractivity contribution < 1.29 is 0 Å². The second-order valence-electron chi connectivity index (χ2n) is 6.98. The molecule has 0 amide bonds. The van der Waals surface area contributed by atoms with Gasteiger partial charge in [-0.2, -0.15) is 0 Å². The summed E-state index contributed by atoms with van der Waals surface area (Å²) >= 11 is 0. The van der Waals surface area contributed by atoms with Crippen LogP contribution in [0.5, 0.6) is 0 Å². The van der Waals surface area contributed by atoms with Crippen molar-refractivity contribution in [2.45, 2.75) is 51.0 Å². The fraction of sp³-hybridized carbons (Fsp3) is 1.00. The minimum absolute atomic E-state index is 0.762. The molecule has 19 heavy (non-hydrogen) atoms. The number of nitrogens with zero attached hydrogens (tertiary/aromatic N) is 2. The first-order chi connectivity index (χ1) is 9.36. The summed E-state index contributed by atoms with van der Waals surface area (Å²) < 4.78 is 0. The SMILES string of the molecule is NCC1CCCCCC1N1CCN(CC2CC2)CC1. The first-order valence-corrected chi connectivity index (χ1v) is 8.53. The van der Waals surface area contributed by atoms with Crippen molar-refractivity contribution in [1.82, 2.24) is 9.80 Å². The van der Waals surface area contributed by atoms with Crippen molar-refractivity contribution in [1.29, 1.82) is 0 Å². The highest BCUT2D eigenvalue weighted by molar-refractivity contribution is 4.87. The summed E-state index contributed by atoms with van der Waals surface area (Å²) in [5, 5.41) is 0. The molecule has 0 aromatic carbocycles. The van der Waals surface area contributed by atoms with Gasteiger partial charge in [0.05, 0.1) is 0 Å². The van der Waals surface area contributed by atoms with E-state index in [1.807, 2.05) is 0 Å². The highest BCUT2D eigenvalue weighted by atomic mass is 15.3. The van der Waals surface area contributed by atoms with E-state index >= 15 is 0 Å². The van der Waals surface area contributed by atoms with Gasteiger partial charge in [-0.05, 0) is 44.1 Å². The number of hydrogen-bond acceptors (Lipinski definition) is 3. The zero-order valence-corrected chi connectivity index (χ0v) is 12.4. The van der Waals surface area contributed by atoms with Gasteiger partial charge in [0.25, 0.3) is 0 Å². The van der Waals surface area contributed by atoms with E-state index in [-0.39, 0.29) is 0 Å². The van der Waals surface area contributed by atoms with Gasteiger partial charge >= 0.3 is 0 Å². The molecule has 0 radical (unpaired) electrons. The molecule has 1 aliphatic heterocycles. The molecule has 3 fully saturated rings. The van der Waals surface area contributed by atoms with Crippen LogP contribution in [-0.2, 0) is 0 Å². The van der Waals surface area contributed by atoms with Crippen LogP contribution in [0.1, 0.15) is 44.9 Å². The van der Waals surface area contributed by atoms with Crippen molar-refractivity contribution in [3.63, 3.8) is 0 Å². The molecule has 2 unspecified atom stereocenters. The molecule has 3 heteroatoms. The van der Waals surface area contributed by atoms with Gasteiger partial charge < -0.3 is 10.6 Å². The van der Waals surface area contributed by atoms with Crippen LogP contribution in [0, 0.1) is 11.8 Å². The van der Waals surface area contributed by atoms with Crippen molar-refractivity contribution in [3.05, 3.63) is 0 Å². The van der Waals surface area contributed by atoms with E-state index in [1.165, 1.54) is 77.7 Å². The molecular formula is C16H31N3. The number of piperazine rings is 1. The quantitative estimate of drug-likeness (QED) is 0.788. The molecule has 0 bridgehead atoms. The third-order valence-electron chi connectivity index (χ3n) is 5.51. The minimum Gasteiger partial charge on any atom is -0.330 e. The molecule has 0 aromatic rings. The standard InChI is InChI=1S/C16H31N3/c17-12-15-4-2-1-3-5-16(15)19-10-8-18(9-11-19)13-14-6-7-14/h14-16H,1-13,17H2. The molecule has 0 spiro atoms. The summed E-state index contributed by atoms with van der Waals surface area (Å²) in [7, 11) is 0. The fourth-order valence-electron chi connectivity index (χ4n) is 4.06. The minimum atomic E-state index is 0.762. The molecule has 2 aliphatic carbocycles. The third-order valence-corrected chi connectivity index (χ3v) is 5.51. The van der Waals surface area contributed by atoms with Crippen LogP contribution in [0.4, 0.5) is 0 Å². The fourth-order valence-corrected chi connectivity index (χ4v) is 4.06. The van der Waals surface area contributed by atoms with Crippen LogP contribution in [0.3, 0.4) is 0 Å². The lowest BCUT2D eigenvalue weighted by Crippen LogP contribution is -2.53. The molecular weight excluding hydrogens is 234 g/mol. The maximum Gasteiger partial charge on any atom is 0.0137 e. The lowest BCUT2D eigenvalue weighted by atomic mass is 9.93. The predicted octanol–water partition coefficient (Wildman–Crippen LogP) is 1.92. The van der Waals surface area contributed by atoms with Gasteiger partial charge in [0.1, 0.15) is 0 Å². The topological polar surface area (TPSA) is 32.5 Å². The van der Waals surface area contributed by atoms with Crippen molar-refractivity contribution >= 4 is 0 Å². The first-order valence-electron chi connectivity index (χ1n) is 8.53. The van der Waals surface area contributed by atoms with Gasteiger partial charge in [0.2, 0.25) is 0 Å². The molecule has 1 heterocycles. The summed E-state index contributed by atoms with van der Waals surface area (Å²) in [6, 6.07) is 0.788. The van der Waals surface area contributed by atoms with E-state index in [1.54, 1.807) is 0 Å². The van der Waals surface area contributed by atoms with Crippen LogP contribution in [0.15, 0.2) is 0 Å². The summed E-state index contributed by atoms with van der Waals surface area (Å²) in [5.41, 5.74) is 6.03. The molecule has 3 rings (SSSR count). The highest BCUT2D eigenvalue weighted by Crippen LogP contribution is 2.31. The zero-order chi connectivity index (χ0) is 13.1. The van der Waals surface area contributed by atoms with E-state index in [0.717, 1.165) is 24.4 Å². The molecule has 3 aliphatic rings. The Bertz CT molecular complexity index is 269. The lowest BCUT2D eigenvalue weighted by molar-refractivity contribution is 0.0651. The Kier molecular flexibility index (Phi) is 4.78. The largest absolute Gasteiger partial charge is 0.330 e. The van der Waals surface area contributed by atoms with Gasteiger partial charge in [0.15, 0.2) is 0 Å². The second kappa shape index (κ2) is 6.55. The van der Waals surface area contributed by atoms with E-state index in [9.17, 15) is 0 Å². The van der Waals surface area contributed by atoms with Gasteiger partial charge in [0, 0.05) is 38.8 Å². The second-order valence-corrected chi connectivity index (χ2v) is 6.98. The van der Waals surface area contributed by atoms with E-state index in [2.05, 4.69) is 9.80 Å². The maximum absolute atomic E-state index is 6.03. The van der Waals surface area contributed by atoms with Crippen LogP contribution >= 0.6 is 0 Å². The Hall–Kier alpha value is -0.120. The highest BCUT2D eigenvalue weighted by Gasteiger charge is 2.31. The normalized spacial score (nSPS) is 35.2. The van der Waals surface area contributed by atoms with Gasteiger partial charge in [-0.1, -0.05) is 19.3 Å². The Morgan fingerprint density at radius 1 is 0.842 bits per heavy atom. The predicted molar refractivity (Wildman–Crippen MR) is 80.2 cm³/mol. The molecule has 2 atom stereocenters. The molecule has 0 aromatic heterocycles. The number of hydrogen-bond donors (Lipinski definition) is 1. The Morgan fingerprint density at radius 3 is 2.26 bits per heavy atom. The van der Waals surface area contributed by atoms with Crippen molar-refractivity contribution in [2.24, 2.45) is 17.6 Å². The van der Waals surface area contributed by atoms with Gasteiger partial charge in [-0.3, -0.25) is 4.90 Å². The van der Waals surface area contributed by atoms with E-state index in [4.69, 9.17) is 5.73 Å². The lowest BCUT2D eigenvalue weighted by Gasteiger charge is -2.42. The van der Waals surface area contributed by atoms with Crippen LogP contribution in [-0.4, -0.2) is 55.1 Å². The molecule has 110 valence electrons. The number of rotatable bonds is 4.